The molecular weight excluding hydrogens is 377 g/mol. The van der Waals surface area contributed by atoms with Crippen LogP contribution in [0.3, 0.4) is 0 Å². The molecule has 1 aliphatic rings. The summed E-state index contributed by atoms with van der Waals surface area (Å²) in [5.74, 6) is -2.29. The molecule has 7 nitrogen and oxygen atoms in total. The minimum Gasteiger partial charge on any atom is -0.332 e. The van der Waals surface area contributed by atoms with Gasteiger partial charge in [0.05, 0.1) is 17.7 Å². The lowest BCUT2D eigenvalue weighted by Crippen LogP contribution is -2.35. The highest BCUT2D eigenvalue weighted by Gasteiger charge is 2.35. The zero-order chi connectivity index (χ0) is 21.1. The maximum absolute atomic E-state index is 12.9. The van der Waals surface area contributed by atoms with Gasteiger partial charge in [-0.15, -0.1) is 6.58 Å². The maximum Gasteiger partial charge on any atom is 0.261 e. The second-order valence-corrected chi connectivity index (χ2v) is 6.49. The number of nitrogens with zero attached hydrogens (tertiary/aromatic N) is 2. The topological polar surface area (TPSA) is 86.8 Å². The van der Waals surface area contributed by atoms with Gasteiger partial charge in [-0.2, -0.15) is 0 Å². The number of carbonyl (C=O) groups is 4. The molecule has 4 amide bonds. The summed E-state index contributed by atoms with van der Waals surface area (Å²) >= 11 is 0. The molecule has 0 bridgehead atoms. The van der Waals surface area contributed by atoms with Crippen molar-refractivity contribution in [3.63, 3.8) is 0 Å². The summed E-state index contributed by atoms with van der Waals surface area (Å²) in [5.41, 5.74) is 0.959. The summed E-state index contributed by atoms with van der Waals surface area (Å²) in [6.45, 7) is 3.36. The Morgan fingerprint density at radius 2 is 1.76 bits per heavy atom. The first-order chi connectivity index (χ1) is 13.8. The monoisotopic (exact) mass is 395 g/mol. The molecule has 0 atom stereocenters. The lowest BCUT2D eigenvalue weighted by Gasteiger charge is -2.17. The van der Waals surface area contributed by atoms with Crippen molar-refractivity contribution >= 4 is 29.3 Å². The second-order valence-electron chi connectivity index (χ2n) is 6.49. The number of imide groups is 1. The highest BCUT2D eigenvalue weighted by Crippen LogP contribution is 2.24. The molecular formula is C21H18FN3O4. The average molecular weight is 395 g/mol. The molecule has 2 aromatic rings. The largest absolute Gasteiger partial charge is 0.332 e. The summed E-state index contributed by atoms with van der Waals surface area (Å²) in [6.07, 6.45) is 1.45. The third-order valence-electron chi connectivity index (χ3n) is 4.38. The van der Waals surface area contributed by atoms with Gasteiger partial charge in [0.25, 0.3) is 17.7 Å². The van der Waals surface area contributed by atoms with Crippen LogP contribution < -0.4 is 5.32 Å². The van der Waals surface area contributed by atoms with Gasteiger partial charge in [0.2, 0.25) is 5.91 Å². The van der Waals surface area contributed by atoms with Gasteiger partial charge < -0.3 is 10.2 Å². The van der Waals surface area contributed by atoms with Crippen LogP contribution in [0.1, 0.15) is 31.1 Å². The number of benzene rings is 2. The Labute approximate surface area is 166 Å². The van der Waals surface area contributed by atoms with Gasteiger partial charge in [-0.25, -0.2) is 4.39 Å². The van der Waals surface area contributed by atoms with E-state index in [1.165, 1.54) is 60.5 Å². The summed E-state index contributed by atoms with van der Waals surface area (Å²) in [5, 5.41) is 2.57. The number of hydrogen-bond donors (Lipinski definition) is 1. The number of carbonyl (C=O) groups excluding carboxylic acids is 4. The van der Waals surface area contributed by atoms with E-state index in [9.17, 15) is 23.6 Å². The number of halogens is 1. The summed E-state index contributed by atoms with van der Waals surface area (Å²) < 4.78 is 12.9. The van der Waals surface area contributed by atoms with Crippen LogP contribution in [0.15, 0.2) is 55.1 Å². The Balaban J connectivity index is 1.70. The Bertz CT molecular complexity index is 1020. The van der Waals surface area contributed by atoms with Crippen molar-refractivity contribution < 1.29 is 23.6 Å². The van der Waals surface area contributed by atoms with Gasteiger partial charge in [0.15, 0.2) is 0 Å². The van der Waals surface area contributed by atoms with E-state index in [1.807, 2.05) is 0 Å². The lowest BCUT2D eigenvalue weighted by atomic mass is 10.0. The fourth-order valence-corrected chi connectivity index (χ4v) is 2.96. The number of likely N-dealkylation sites (N-methyl/N-ethyl adjacent to an activating group) is 1. The zero-order valence-electron chi connectivity index (χ0n) is 15.6. The fourth-order valence-electron chi connectivity index (χ4n) is 2.96. The van der Waals surface area contributed by atoms with Crippen molar-refractivity contribution in [2.75, 3.05) is 25.5 Å². The van der Waals surface area contributed by atoms with Crippen LogP contribution in [-0.4, -0.2) is 53.6 Å². The van der Waals surface area contributed by atoms with Gasteiger partial charge in [-0.1, -0.05) is 6.08 Å². The Kier molecular flexibility index (Phi) is 5.54. The van der Waals surface area contributed by atoms with Crippen molar-refractivity contribution in [3.8, 4) is 0 Å². The Hall–Kier alpha value is -3.81. The minimum atomic E-state index is -0.490. The Morgan fingerprint density at radius 3 is 2.41 bits per heavy atom. The molecule has 0 saturated carbocycles. The standard InChI is InChI=1S/C21H18FN3O4/c1-3-10-25-20(28)16-9-4-13(11-17(16)21(25)29)19(27)24(2)12-18(26)23-15-7-5-14(22)6-8-15/h3-9,11H,1,10,12H2,2H3,(H,23,26). The molecule has 1 heterocycles. The number of fused-ring (bicyclic) bond motifs is 1. The van der Waals surface area contributed by atoms with E-state index in [0.29, 0.717) is 5.69 Å². The lowest BCUT2D eigenvalue weighted by molar-refractivity contribution is -0.116. The molecule has 0 saturated heterocycles. The van der Waals surface area contributed by atoms with Crippen LogP contribution >= 0.6 is 0 Å². The highest BCUT2D eigenvalue weighted by atomic mass is 19.1. The van der Waals surface area contributed by atoms with Crippen LogP contribution in [0.4, 0.5) is 10.1 Å². The van der Waals surface area contributed by atoms with E-state index in [1.54, 1.807) is 0 Å². The molecule has 0 fully saturated rings. The molecule has 0 radical (unpaired) electrons. The predicted molar refractivity (Wildman–Crippen MR) is 104 cm³/mol. The molecule has 148 valence electrons. The number of rotatable bonds is 6. The van der Waals surface area contributed by atoms with Crippen LogP contribution in [-0.2, 0) is 4.79 Å². The van der Waals surface area contributed by atoms with E-state index in [-0.39, 0.29) is 29.8 Å². The second kappa shape index (κ2) is 8.05. The number of anilines is 1. The van der Waals surface area contributed by atoms with E-state index in [2.05, 4.69) is 11.9 Å². The van der Waals surface area contributed by atoms with E-state index in [4.69, 9.17) is 0 Å². The molecule has 0 spiro atoms. The molecule has 0 aromatic heterocycles. The smallest absolute Gasteiger partial charge is 0.261 e. The third kappa shape index (κ3) is 4.06. The molecule has 8 heteroatoms. The predicted octanol–water partition coefficient (Wildman–Crippen LogP) is 2.32. The van der Waals surface area contributed by atoms with E-state index in [0.717, 1.165) is 4.90 Å². The SMILES string of the molecule is C=CCN1C(=O)c2ccc(C(=O)N(C)CC(=O)Nc3ccc(F)cc3)cc2C1=O. The maximum atomic E-state index is 12.9. The first kappa shape index (κ1) is 19.9. The molecule has 1 aliphatic heterocycles. The van der Waals surface area contributed by atoms with Gasteiger partial charge in [-0.05, 0) is 42.5 Å². The van der Waals surface area contributed by atoms with Crippen molar-refractivity contribution in [1.29, 1.82) is 0 Å². The average Bonchev–Trinajstić information content (AvgIpc) is 2.93. The third-order valence-corrected chi connectivity index (χ3v) is 4.38. The summed E-state index contributed by atoms with van der Waals surface area (Å²) in [6, 6.07) is 9.47. The summed E-state index contributed by atoms with van der Waals surface area (Å²) in [7, 11) is 1.44. The highest BCUT2D eigenvalue weighted by molar-refractivity contribution is 6.22. The minimum absolute atomic E-state index is 0.0824. The van der Waals surface area contributed by atoms with Crippen molar-refractivity contribution in [2.45, 2.75) is 0 Å². The van der Waals surface area contributed by atoms with Gasteiger partial charge in [0, 0.05) is 24.8 Å². The molecule has 3 rings (SSSR count). The van der Waals surface area contributed by atoms with Crippen LogP contribution in [0.25, 0.3) is 0 Å². The molecule has 0 unspecified atom stereocenters. The first-order valence-corrected chi connectivity index (χ1v) is 8.74. The number of amides is 4. The van der Waals surface area contributed by atoms with Crippen LogP contribution in [0.5, 0.6) is 0 Å². The van der Waals surface area contributed by atoms with Crippen LogP contribution in [0.2, 0.25) is 0 Å². The number of hydrogen-bond acceptors (Lipinski definition) is 4. The number of nitrogens with one attached hydrogen (secondary N) is 1. The van der Waals surface area contributed by atoms with Crippen molar-refractivity contribution in [3.05, 3.63) is 77.6 Å². The van der Waals surface area contributed by atoms with Crippen molar-refractivity contribution in [2.24, 2.45) is 0 Å². The van der Waals surface area contributed by atoms with Crippen molar-refractivity contribution in [1.82, 2.24) is 9.80 Å². The van der Waals surface area contributed by atoms with E-state index >= 15 is 0 Å². The fraction of sp³-hybridized carbons (Fsp3) is 0.143. The van der Waals surface area contributed by atoms with Gasteiger partial charge in [-0.3, -0.25) is 24.1 Å². The zero-order valence-corrected chi connectivity index (χ0v) is 15.6. The first-order valence-electron chi connectivity index (χ1n) is 8.74. The molecule has 29 heavy (non-hydrogen) atoms. The van der Waals surface area contributed by atoms with Gasteiger partial charge in [0.1, 0.15) is 5.82 Å². The van der Waals surface area contributed by atoms with Crippen LogP contribution in [0, 0.1) is 5.82 Å². The normalized spacial score (nSPS) is 12.6. The Morgan fingerprint density at radius 1 is 1.10 bits per heavy atom. The molecule has 1 N–H and O–H groups in total. The van der Waals surface area contributed by atoms with E-state index < -0.39 is 29.4 Å². The van der Waals surface area contributed by atoms with Gasteiger partial charge >= 0.3 is 0 Å². The molecule has 2 aromatic carbocycles. The molecule has 0 aliphatic carbocycles. The summed E-state index contributed by atoms with van der Waals surface area (Å²) in [4.78, 5) is 51.6. The quantitative estimate of drug-likeness (QED) is 0.601.